The van der Waals surface area contributed by atoms with Crippen molar-refractivity contribution in [1.82, 2.24) is 5.32 Å². The Balaban J connectivity index is 1.59. The SMILES string of the molecule is CC(OC(=O)[C@H](C)NC(=O)c1cccc([N+](=O)[O-])c1)C(=O)Nc1cccc2ccccc12. The summed E-state index contributed by atoms with van der Waals surface area (Å²) in [6.45, 7) is 2.82. The Hall–Kier alpha value is -4.27. The van der Waals surface area contributed by atoms with Crippen LogP contribution in [-0.2, 0) is 14.3 Å². The number of carbonyl (C=O) groups is 3. The van der Waals surface area contributed by atoms with Crippen LogP contribution in [0.4, 0.5) is 11.4 Å². The summed E-state index contributed by atoms with van der Waals surface area (Å²) < 4.78 is 5.18. The van der Waals surface area contributed by atoms with Crippen molar-refractivity contribution in [2.75, 3.05) is 5.32 Å². The minimum absolute atomic E-state index is 0.0283. The number of nitro groups is 1. The molecule has 9 nitrogen and oxygen atoms in total. The van der Waals surface area contributed by atoms with Gasteiger partial charge in [0.15, 0.2) is 6.10 Å². The van der Waals surface area contributed by atoms with E-state index in [0.29, 0.717) is 5.69 Å². The molecule has 0 bridgehead atoms. The fourth-order valence-corrected chi connectivity index (χ4v) is 3.00. The molecule has 0 aliphatic carbocycles. The maximum atomic E-state index is 12.5. The zero-order valence-corrected chi connectivity index (χ0v) is 17.4. The lowest BCUT2D eigenvalue weighted by Gasteiger charge is -2.18. The molecule has 2 atom stereocenters. The van der Waals surface area contributed by atoms with Crippen LogP contribution >= 0.6 is 0 Å². The van der Waals surface area contributed by atoms with Crippen LogP contribution in [0.3, 0.4) is 0 Å². The number of hydrogen-bond acceptors (Lipinski definition) is 6. The number of rotatable bonds is 7. The second-order valence-corrected chi connectivity index (χ2v) is 7.10. The lowest BCUT2D eigenvalue weighted by Crippen LogP contribution is -2.42. The number of carbonyl (C=O) groups excluding carboxylic acids is 3. The van der Waals surface area contributed by atoms with E-state index in [1.807, 2.05) is 30.3 Å². The van der Waals surface area contributed by atoms with E-state index in [1.165, 1.54) is 32.0 Å². The molecule has 0 aliphatic rings. The number of ether oxygens (including phenoxy) is 1. The number of hydrogen-bond donors (Lipinski definition) is 2. The number of fused-ring (bicyclic) bond motifs is 1. The van der Waals surface area contributed by atoms with Gasteiger partial charge < -0.3 is 15.4 Å². The Morgan fingerprint density at radius 1 is 0.969 bits per heavy atom. The van der Waals surface area contributed by atoms with Gasteiger partial charge in [-0.3, -0.25) is 19.7 Å². The number of benzene rings is 3. The molecule has 0 aliphatic heterocycles. The summed E-state index contributed by atoms with van der Waals surface area (Å²) in [6.07, 6.45) is -1.11. The fourth-order valence-electron chi connectivity index (χ4n) is 3.00. The number of nitrogens with one attached hydrogen (secondary N) is 2. The van der Waals surface area contributed by atoms with Gasteiger partial charge in [0.25, 0.3) is 17.5 Å². The first-order valence-electron chi connectivity index (χ1n) is 9.80. The molecule has 1 unspecified atom stereocenters. The summed E-state index contributed by atoms with van der Waals surface area (Å²) in [5, 5.41) is 17.8. The van der Waals surface area contributed by atoms with E-state index in [0.717, 1.165) is 16.8 Å². The minimum atomic E-state index is -1.11. The molecule has 0 saturated heterocycles. The van der Waals surface area contributed by atoms with E-state index in [1.54, 1.807) is 12.1 Å². The van der Waals surface area contributed by atoms with Crippen molar-refractivity contribution in [3.05, 3.63) is 82.4 Å². The van der Waals surface area contributed by atoms with Crippen molar-refractivity contribution < 1.29 is 24.0 Å². The van der Waals surface area contributed by atoms with Crippen LogP contribution in [0.15, 0.2) is 66.7 Å². The molecule has 3 rings (SSSR count). The quantitative estimate of drug-likeness (QED) is 0.332. The average Bonchev–Trinajstić information content (AvgIpc) is 2.79. The number of nitro benzene ring substituents is 1. The van der Waals surface area contributed by atoms with Crippen molar-refractivity contribution in [2.24, 2.45) is 0 Å². The minimum Gasteiger partial charge on any atom is -0.451 e. The Labute approximate surface area is 183 Å². The molecular weight excluding hydrogens is 414 g/mol. The average molecular weight is 435 g/mol. The standard InChI is InChI=1S/C23H21N3O6/c1-14(24-22(28)17-9-5-10-18(13-17)26(30)31)23(29)32-15(2)21(27)25-20-12-6-8-16-7-3-4-11-19(16)20/h3-15H,1-2H3,(H,24,28)(H,25,27)/t14-,15?/m0/s1. The van der Waals surface area contributed by atoms with E-state index in [2.05, 4.69) is 10.6 Å². The maximum Gasteiger partial charge on any atom is 0.329 e. The van der Waals surface area contributed by atoms with Crippen LogP contribution in [0.5, 0.6) is 0 Å². The van der Waals surface area contributed by atoms with Gasteiger partial charge in [-0.2, -0.15) is 0 Å². The zero-order valence-electron chi connectivity index (χ0n) is 17.4. The smallest absolute Gasteiger partial charge is 0.329 e. The van der Waals surface area contributed by atoms with Gasteiger partial charge in [0.2, 0.25) is 0 Å². The molecule has 0 aromatic heterocycles. The maximum absolute atomic E-state index is 12.5. The van der Waals surface area contributed by atoms with Gasteiger partial charge in [0.05, 0.1) is 4.92 Å². The summed E-state index contributed by atoms with van der Waals surface area (Å²) in [7, 11) is 0. The molecule has 0 radical (unpaired) electrons. The van der Waals surface area contributed by atoms with Gasteiger partial charge in [0, 0.05) is 28.8 Å². The lowest BCUT2D eigenvalue weighted by molar-refractivity contribution is -0.384. The number of nitrogens with zero attached hydrogens (tertiary/aromatic N) is 1. The first kappa shape index (κ1) is 22.4. The molecule has 0 heterocycles. The molecular formula is C23H21N3O6. The molecule has 3 aromatic carbocycles. The van der Waals surface area contributed by atoms with E-state index in [4.69, 9.17) is 4.74 Å². The Kier molecular flexibility index (Phi) is 6.79. The third-order valence-electron chi connectivity index (χ3n) is 4.73. The predicted octanol–water partition coefficient (Wildman–Crippen LogP) is 3.44. The highest BCUT2D eigenvalue weighted by Gasteiger charge is 2.24. The Morgan fingerprint density at radius 3 is 2.41 bits per heavy atom. The summed E-state index contributed by atoms with van der Waals surface area (Å²) in [4.78, 5) is 47.4. The molecule has 2 amide bonds. The van der Waals surface area contributed by atoms with E-state index in [9.17, 15) is 24.5 Å². The predicted molar refractivity (Wildman–Crippen MR) is 118 cm³/mol. The Morgan fingerprint density at radius 2 is 1.66 bits per heavy atom. The summed E-state index contributed by atoms with van der Waals surface area (Å²) >= 11 is 0. The van der Waals surface area contributed by atoms with Gasteiger partial charge in [0.1, 0.15) is 6.04 Å². The molecule has 164 valence electrons. The van der Waals surface area contributed by atoms with Gasteiger partial charge >= 0.3 is 5.97 Å². The molecule has 2 N–H and O–H groups in total. The number of non-ortho nitro benzene ring substituents is 1. The molecule has 3 aromatic rings. The Bertz CT molecular complexity index is 1190. The monoisotopic (exact) mass is 435 g/mol. The van der Waals surface area contributed by atoms with E-state index < -0.39 is 34.9 Å². The molecule has 0 spiro atoms. The lowest BCUT2D eigenvalue weighted by atomic mass is 10.1. The van der Waals surface area contributed by atoms with Crippen LogP contribution in [0.25, 0.3) is 10.8 Å². The van der Waals surface area contributed by atoms with Crippen molar-refractivity contribution in [2.45, 2.75) is 26.0 Å². The number of esters is 1. The van der Waals surface area contributed by atoms with Crippen LogP contribution in [0.2, 0.25) is 0 Å². The van der Waals surface area contributed by atoms with Gasteiger partial charge in [-0.05, 0) is 31.4 Å². The summed E-state index contributed by atoms with van der Waals surface area (Å²) in [5.74, 6) is -2.01. The highest BCUT2D eigenvalue weighted by molar-refractivity contribution is 6.04. The number of amides is 2. The van der Waals surface area contributed by atoms with Crippen LogP contribution < -0.4 is 10.6 Å². The fraction of sp³-hybridized carbons (Fsp3) is 0.174. The number of anilines is 1. The zero-order chi connectivity index (χ0) is 23.3. The third kappa shape index (κ3) is 5.25. The van der Waals surface area contributed by atoms with Crippen LogP contribution in [0, 0.1) is 10.1 Å². The molecule has 0 saturated carbocycles. The normalized spacial score (nSPS) is 12.4. The van der Waals surface area contributed by atoms with E-state index >= 15 is 0 Å². The van der Waals surface area contributed by atoms with Crippen molar-refractivity contribution in [3.8, 4) is 0 Å². The van der Waals surface area contributed by atoms with Crippen LogP contribution in [-0.4, -0.2) is 34.9 Å². The first-order valence-corrected chi connectivity index (χ1v) is 9.80. The first-order chi connectivity index (χ1) is 15.3. The third-order valence-corrected chi connectivity index (χ3v) is 4.73. The highest BCUT2D eigenvalue weighted by Crippen LogP contribution is 2.23. The summed E-state index contributed by atoms with van der Waals surface area (Å²) in [5.41, 5.74) is 0.371. The molecule has 9 heteroatoms. The molecule has 32 heavy (non-hydrogen) atoms. The van der Waals surface area contributed by atoms with Gasteiger partial charge in [-0.15, -0.1) is 0 Å². The second kappa shape index (κ2) is 9.69. The largest absolute Gasteiger partial charge is 0.451 e. The van der Waals surface area contributed by atoms with Gasteiger partial charge in [-0.1, -0.05) is 42.5 Å². The summed E-state index contributed by atoms with van der Waals surface area (Å²) in [6, 6.07) is 17.0. The topological polar surface area (TPSA) is 128 Å². The van der Waals surface area contributed by atoms with Gasteiger partial charge in [-0.25, -0.2) is 4.79 Å². The second-order valence-electron chi connectivity index (χ2n) is 7.10. The van der Waals surface area contributed by atoms with Crippen molar-refractivity contribution in [3.63, 3.8) is 0 Å². The van der Waals surface area contributed by atoms with Crippen molar-refractivity contribution >= 4 is 39.9 Å². The van der Waals surface area contributed by atoms with Crippen LogP contribution in [0.1, 0.15) is 24.2 Å². The highest BCUT2D eigenvalue weighted by atomic mass is 16.6. The van der Waals surface area contributed by atoms with E-state index in [-0.39, 0.29) is 11.3 Å². The molecule has 0 fully saturated rings. The van der Waals surface area contributed by atoms with Crippen molar-refractivity contribution in [1.29, 1.82) is 0 Å².